The number of carbonyl (C=O) groups excluding carboxylic acids is 1. The number of H-pyrrole nitrogens is 1. The zero-order chi connectivity index (χ0) is 36.8. The molecule has 0 spiro atoms. The fourth-order valence-corrected chi connectivity index (χ4v) is 8.83. The number of anilines is 1. The third-order valence-corrected chi connectivity index (χ3v) is 11.8. The molecule has 15 heteroatoms. The largest absolute Gasteiger partial charge is 0.506 e. The van der Waals surface area contributed by atoms with Gasteiger partial charge in [0.05, 0.1) is 38.2 Å². The molecular weight excluding hydrogens is 743 g/mol. The Kier molecular flexibility index (Phi) is 13.4. The molecule has 3 aromatic heterocycles. The Morgan fingerprint density at radius 2 is 1.74 bits per heavy atom. The summed E-state index contributed by atoms with van der Waals surface area (Å²) in [6.45, 7) is 1.18. The van der Waals surface area contributed by atoms with Crippen molar-refractivity contribution in [2.24, 2.45) is 0 Å². The van der Waals surface area contributed by atoms with Gasteiger partial charge >= 0.3 is 5.97 Å². The van der Waals surface area contributed by atoms with E-state index in [1.54, 1.807) is 24.3 Å². The van der Waals surface area contributed by atoms with E-state index in [0.717, 1.165) is 31.2 Å². The molecule has 1 atom stereocenters. The maximum absolute atomic E-state index is 12.9. The number of halogens is 2. The minimum absolute atomic E-state index is 0. The maximum atomic E-state index is 12.9. The van der Waals surface area contributed by atoms with Gasteiger partial charge in [0.2, 0.25) is 17.1 Å². The van der Waals surface area contributed by atoms with E-state index in [0.29, 0.717) is 44.5 Å². The number of carboxylic acids is 1. The van der Waals surface area contributed by atoms with Crippen LogP contribution in [0.4, 0.5) is 10.4 Å². The number of rotatable bonds is 15. The number of nitrogens with zero attached hydrogens (tertiary/aromatic N) is 1. The van der Waals surface area contributed by atoms with Crippen molar-refractivity contribution in [3.05, 3.63) is 114 Å². The van der Waals surface area contributed by atoms with E-state index < -0.39 is 17.7 Å². The Hall–Kier alpha value is -4.15. The molecule has 0 saturated heterocycles. The summed E-state index contributed by atoms with van der Waals surface area (Å²) in [5.74, 6) is -1.23. The number of carboxylic acid groups (broad SMARTS) is 1. The number of carbonyl (C=O) groups is 2. The molecular formula is C38H42ClFN4O7S2. The fraction of sp³-hybridized carbons (Fsp3) is 0.342. The quantitative estimate of drug-likeness (QED) is 0.0687. The van der Waals surface area contributed by atoms with Crippen molar-refractivity contribution in [3.8, 4) is 5.75 Å². The second kappa shape index (κ2) is 17.8. The number of nitrogens with one attached hydrogen (secondary N) is 3. The lowest BCUT2D eigenvalue weighted by molar-refractivity contribution is -0.170. The molecule has 1 fully saturated rings. The Bertz CT molecular complexity index is 2020. The average molecular weight is 785 g/mol. The highest BCUT2D eigenvalue weighted by molar-refractivity contribution is 7.12. The number of aromatic hydroxyl groups is 1. The molecule has 6 N–H and O–H groups in total. The highest BCUT2D eigenvalue weighted by Gasteiger charge is 2.48. The number of thiophene rings is 2. The molecule has 1 aliphatic carbocycles. The fourth-order valence-electron chi connectivity index (χ4n) is 6.77. The summed E-state index contributed by atoms with van der Waals surface area (Å²) in [5.41, 5.74) is 0.362. The number of hydrogen-bond acceptors (Lipinski definition) is 10. The van der Waals surface area contributed by atoms with Crippen LogP contribution in [0.5, 0.6) is 5.75 Å². The van der Waals surface area contributed by atoms with E-state index in [1.807, 2.05) is 48.1 Å². The average Bonchev–Trinajstić information content (AvgIpc) is 3.88. The molecule has 0 unspecified atom stereocenters. The van der Waals surface area contributed by atoms with E-state index in [9.17, 15) is 29.7 Å². The normalized spacial score (nSPS) is 16.7. The lowest BCUT2D eigenvalue weighted by Gasteiger charge is -2.38. The molecule has 0 aliphatic heterocycles. The number of aliphatic hydroxyl groups is 1. The van der Waals surface area contributed by atoms with Gasteiger partial charge in [-0.1, -0.05) is 35.9 Å². The van der Waals surface area contributed by atoms with Gasteiger partial charge in [-0.05, 0) is 91.0 Å². The van der Waals surface area contributed by atoms with Gasteiger partial charge in [0, 0.05) is 43.5 Å². The minimum atomic E-state index is -1.52. The van der Waals surface area contributed by atoms with Crippen molar-refractivity contribution in [1.82, 2.24) is 15.2 Å². The molecule has 0 radical (unpaired) electrons. The summed E-state index contributed by atoms with van der Waals surface area (Å²) in [6.07, 6.45) is 2.29. The maximum Gasteiger partial charge on any atom is 0.347 e. The predicted octanol–water partition coefficient (Wildman–Crippen LogP) is 6.60. The number of ether oxygens (including phenoxy) is 1. The molecule has 6 rings (SSSR count). The number of phenols is 1. The molecule has 53 heavy (non-hydrogen) atoms. The van der Waals surface area contributed by atoms with E-state index in [1.165, 1.54) is 34.8 Å². The van der Waals surface area contributed by atoms with Crippen molar-refractivity contribution in [1.29, 1.82) is 0 Å². The van der Waals surface area contributed by atoms with Crippen LogP contribution in [0.25, 0.3) is 10.9 Å². The van der Waals surface area contributed by atoms with Gasteiger partial charge in [-0.15, -0.1) is 22.7 Å². The predicted molar refractivity (Wildman–Crippen MR) is 207 cm³/mol. The zero-order valence-electron chi connectivity index (χ0n) is 28.9. The van der Waals surface area contributed by atoms with Gasteiger partial charge < -0.3 is 40.6 Å². The van der Waals surface area contributed by atoms with Crippen molar-refractivity contribution in [2.75, 3.05) is 25.5 Å². The van der Waals surface area contributed by atoms with Crippen LogP contribution in [0.3, 0.4) is 0 Å². The van der Waals surface area contributed by atoms with Crippen LogP contribution < -0.4 is 16.2 Å². The van der Waals surface area contributed by atoms with Crippen LogP contribution in [0.15, 0.2) is 82.3 Å². The Morgan fingerprint density at radius 1 is 1.04 bits per heavy atom. The third kappa shape index (κ3) is 9.15. The van der Waals surface area contributed by atoms with Crippen molar-refractivity contribution < 1.29 is 34.3 Å². The molecule has 1 aliphatic rings. The van der Waals surface area contributed by atoms with E-state index in [2.05, 4.69) is 20.5 Å². The summed E-state index contributed by atoms with van der Waals surface area (Å²) in [6, 6.07) is 19.0. The first-order valence-corrected chi connectivity index (χ1v) is 19.2. The second-order valence-electron chi connectivity index (χ2n) is 13.0. The Balaban J connectivity index is 0.00000541. The lowest BCUT2D eigenvalue weighted by atomic mass is 9.90. The molecule has 1 saturated carbocycles. The van der Waals surface area contributed by atoms with Crippen molar-refractivity contribution >= 4 is 62.7 Å². The molecule has 5 aromatic rings. The first-order valence-electron chi connectivity index (χ1n) is 17.1. The second-order valence-corrected chi connectivity index (χ2v) is 15.3. The topological polar surface area (TPSA) is 164 Å². The first-order chi connectivity index (χ1) is 25.0. The van der Waals surface area contributed by atoms with Gasteiger partial charge in [-0.3, -0.25) is 14.3 Å². The number of phenolic OH excluding ortho intramolecular Hbond substituents is 1. The zero-order valence-corrected chi connectivity index (χ0v) is 31.3. The monoisotopic (exact) mass is 784 g/mol. The molecule has 11 nitrogen and oxygen atoms in total. The van der Waals surface area contributed by atoms with Gasteiger partial charge in [0.15, 0.2) is 0 Å². The van der Waals surface area contributed by atoms with Crippen LogP contribution in [-0.2, 0) is 26.5 Å². The molecule has 2 aromatic carbocycles. The number of hydrogen-bond donors (Lipinski definition) is 6. The minimum Gasteiger partial charge on any atom is -0.506 e. The van der Waals surface area contributed by atoms with Gasteiger partial charge in [0.25, 0.3) is 0 Å². The molecule has 0 bridgehead atoms. The van der Waals surface area contributed by atoms with Crippen molar-refractivity contribution in [3.63, 3.8) is 0 Å². The van der Waals surface area contributed by atoms with E-state index >= 15 is 0 Å². The third-order valence-electron chi connectivity index (χ3n) is 9.58. The number of amides is 1. The van der Waals surface area contributed by atoms with Crippen LogP contribution in [0.1, 0.15) is 59.1 Å². The summed E-state index contributed by atoms with van der Waals surface area (Å²) in [4.78, 5) is 43.5. The van der Waals surface area contributed by atoms with Gasteiger partial charge in [-0.25, -0.2) is 4.79 Å². The van der Waals surface area contributed by atoms with Crippen LogP contribution in [0, 0.1) is 0 Å². The van der Waals surface area contributed by atoms with Crippen molar-refractivity contribution in [2.45, 2.75) is 62.5 Å². The van der Waals surface area contributed by atoms with Gasteiger partial charge in [-0.2, -0.15) is 0 Å². The number of aliphatic hydroxyl groups excluding tert-OH is 1. The number of pyridine rings is 1. The summed E-state index contributed by atoms with van der Waals surface area (Å²) < 4.78 is 6.51. The first kappa shape index (κ1) is 40.0. The van der Waals surface area contributed by atoms with E-state index in [-0.39, 0.29) is 52.5 Å². The number of fused-ring (bicyclic) bond motifs is 1. The van der Waals surface area contributed by atoms with Gasteiger partial charge in [0.1, 0.15) is 5.75 Å². The molecule has 1 amide bonds. The highest BCUT2D eigenvalue weighted by atomic mass is 35.5. The number of aromatic amines is 1. The lowest BCUT2D eigenvalue weighted by Crippen LogP contribution is -2.44. The summed E-state index contributed by atoms with van der Waals surface area (Å²) in [7, 11) is 2.01. The van der Waals surface area contributed by atoms with Crippen LogP contribution in [-0.4, -0.2) is 69.4 Å². The summed E-state index contributed by atoms with van der Waals surface area (Å²) >= 11 is 9.30. The SMILES string of the molecule is CN(CCC(=O)Nc1ccc(CNC[C@H](O)c2ccc(O)c3[nH]c(=O)ccc23)cc1Cl)C1CCC(OC(C(=O)O)(c2cccs2)c2cccs2)CC1.F. The smallest absolute Gasteiger partial charge is 0.347 e. The number of aliphatic carboxylic acids is 1. The standard InChI is InChI=1S/C38H41ClN4O7S2.FH/c1-43(24-7-9-25(10-8-24)50-38(37(48)49,32-4-2-18-51-32)33-5-3-19-52-33)17-16-35(47)41-29-13-6-23(20-28(29)39)21-40-22-31(45)26-11-14-30(44)36-27(26)12-15-34(46)42-36;/h2-6,11-15,18-20,24-25,31,40,44-45H,7-10,16-17,21-22H2,1H3,(H,41,47)(H,42,46)(H,48,49);1H/t24?,25?,31-;/m0./s1. The summed E-state index contributed by atoms with van der Waals surface area (Å²) in [5, 5.41) is 42.2. The van der Waals surface area contributed by atoms with Crippen LogP contribution in [0.2, 0.25) is 5.02 Å². The van der Waals surface area contributed by atoms with E-state index in [4.69, 9.17) is 16.3 Å². The number of aromatic nitrogens is 1. The van der Waals surface area contributed by atoms with Crippen LogP contribution >= 0.6 is 34.3 Å². The molecule has 282 valence electrons. The molecule has 3 heterocycles. The highest BCUT2D eigenvalue weighted by Crippen LogP contribution is 2.42. The Labute approximate surface area is 318 Å². The Morgan fingerprint density at radius 3 is 2.36 bits per heavy atom. The number of benzene rings is 2.